The quantitative estimate of drug-likeness (QED) is 0.640. The van der Waals surface area contributed by atoms with Gasteiger partial charge in [0.25, 0.3) is 0 Å². The third kappa shape index (κ3) is 4.60. The molecule has 20 heavy (non-hydrogen) atoms. The first-order valence-corrected chi connectivity index (χ1v) is 5.98. The lowest BCUT2D eigenvalue weighted by Crippen LogP contribution is -2.24. The summed E-state index contributed by atoms with van der Waals surface area (Å²) in [4.78, 5) is 10.4. The molecule has 1 atom stereocenters. The van der Waals surface area contributed by atoms with Gasteiger partial charge in [-0.05, 0) is 26.0 Å². The van der Waals surface area contributed by atoms with Gasteiger partial charge >= 0.3 is 11.9 Å². The van der Waals surface area contributed by atoms with Crippen LogP contribution >= 0.6 is 0 Å². The van der Waals surface area contributed by atoms with E-state index in [2.05, 4.69) is 5.32 Å². The highest BCUT2D eigenvalue weighted by Gasteiger charge is 2.31. The Labute approximate surface area is 113 Å². The first kappa shape index (κ1) is 16.1. The summed E-state index contributed by atoms with van der Waals surface area (Å²) < 4.78 is 41.9. The molecule has 0 saturated carbocycles. The van der Waals surface area contributed by atoms with Crippen LogP contribution in [0.4, 0.5) is 24.5 Å². The van der Waals surface area contributed by atoms with Gasteiger partial charge < -0.3 is 10.1 Å². The van der Waals surface area contributed by atoms with E-state index in [1.165, 1.54) is 25.1 Å². The molecule has 5 nitrogen and oxygen atoms in total. The number of nitro groups is 1. The lowest BCUT2D eigenvalue weighted by molar-refractivity contribution is -0.385. The average molecular weight is 292 g/mol. The van der Waals surface area contributed by atoms with Crippen LogP contribution in [0.15, 0.2) is 18.2 Å². The molecule has 112 valence electrons. The van der Waals surface area contributed by atoms with Crippen molar-refractivity contribution in [2.75, 3.05) is 11.9 Å². The molecule has 0 fully saturated rings. The molecule has 0 heterocycles. The van der Waals surface area contributed by atoms with Gasteiger partial charge in [0.2, 0.25) is 0 Å². The summed E-state index contributed by atoms with van der Waals surface area (Å²) in [5.41, 5.74) is -0.346. The lowest BCUT2D eigenvalue weighted by atomic mass is 10.2. The zero-order valence-electron chi connectivity index (χ0n) is 11.0. The van der Waals surface area contributed by atoms with Gasteiger partial charge in [0.05, 0.1) is 18.0 Å². The van der Waals surface area contributed by atoms with Crippen LogP contribution in [0.25, 0.3) is 0 Å². The Hall–Kier alpha value is -1.99. The second-order valence-corrected chi connectivity index (χ2v) is 4.21. The van der Waals surface area contributed by atoms with Crippen molar-refractivity contribution in [2.24, 2.45) is 0 Å². The Bertz CT molecular complexity index is 478. The van der Waals surface area contributed by atoms with Crippen molar-refractivity contribution in [1.82, 2.24) is 0 Å². The standard InChI is InChI=1S/C12H15F3N2O3/c1-3-20-10-6-4-5-9(11(10)17(18)19)16-8(2)7-12(13,14)15/h4-6,8,16H,3,7H2,1-2H3. The van der Waals surface area contributed by atoms with Crippen LogP contribution in [0.5, 0.6) is 5.75 Å². The number of nitrogens with zero attached hydrogens (tertiary/aromatic N) is 1. The fourth-order valence-electron chi connectivity index (χ4n) is 1.76. The molecule has 1 rings (SSSR count). The highest BCUT2D eigenvalue weighted by Crippen LogP contribution is 2.35. The normalized spacial score (nSPS) is 12.8. The van der Waals surface area contributed by atoms with Gasteiger partial charge in [0, 0.05) is 6.04 Å². The Morgan fingerprint density at radius 1 is 1.45 bits per heavy atom. The predicted octanol–water partition coefficient (Wildman–Crippen LogP) is 3.75. The number of ether oxygens (including phenoxy) is 1. The van der Waals surface area contributed by atoms with Gasteiger partial charge in [0.15, 0.2) is 5.75 Å². The molecule has 0 spiro atoms. The first-order chi connectivity index (χ1) is 9.24. The van der Waals surface area contributed by atoms with E-state index in [0.717, 1.165) is 0 Å². The molecule has 1 unspecified atom stereocenters. The molecule has 0 saturated heterocycles. The van der Waals surface area contributed by atoms with E-state index in [4.69, 9.17) is 4.74 Å². The second-order valence-electron chi connectivity index (χ2n) is 4.21. The minimum atomic E-state index is -4.33. The monoisotopic (exact) mass is 292 g/mol. The molecule has 0 aliphatic carbocycles. The number of nitrogens with one attached hydrogen (secondary N) is 1. The zero-order chi connectivity index (χ0) is 15.3. The van der Waals surface area contributed by atoms with Gasteiger partial charge in [0.1, 0.15) is 5.69 Å². The number of rotatable bonds is 6. The average Bonchev–Trinajstić information content (AvgIpc) is 2.26. The third-order valence-electron chi connectivity index (χ3n) is 2.42. The maximum atomic E-state index is 12.3. The maximum Gasteiger partial charge on any atom is 0.391 e. The van der Waals surface area contributed by atoms with Crippen LogP contribution in [0.3, 0.4) is 0 Å². The summed E-state index contributed by atoms with van der Waals surface area (Å²) in [5.74, 6) is 0.0294. The largest absolute Gasteiger partial charge is 0.487 e. The van der Waals surface area contributed by atoms with Crippen molar-refractivity contribution in [3.63, 3.8) is 0 Å². The molecule has 1 N–H and O–H groups in total. The summed E-state index contributed by atoms with van der Waals surface area (Å²) in [6.07, 6.45) is -5.41. The van der Waals surface area contributed by atoms with Crippen LogP contribution in [0.1, 0.15) is 20.3 Å². The molecule has 8 heteroatoms. The molecule has 0 aromatic heterocycles. The smallest absolute Gasteiger partial charge is 0.391 e. The van der Waals surface area contributed by atoms with Gasteiger partial charge in [-0.3, -0.25) is 10.1 Å². The number of anilines is 1. The van der Waals surface area contributed by atoms with E-state index in [0.29, 0.717) is 0 Å². The van der Waals surface area contributed by atoms with Crippen LogP contribution in [-0.4, -0.2) is 23.7 Å². The number of hydrogen-bond donors (Lipinski definition) is 1. The number of benzene rings is 1. The van der Waals surface area contributed by atoms with Crippen molar-refractivity contribution in [2.45, 2.75) is 32.5 Å². The summed E-state index contributed by atoms with van der Waals surface area (Å²) in [6.45, 7) is 3.20. The lowest BCUT2D eigenvalue weighted by Gasteiger charge is -2.17. The minimum Gasteiger partial charge on any atom is -0.487 e. The van der Waals surface area contributed by atoms with Gasteiger partial charge in [-0.1, -0.05) is 6.07 Å². The van der Waals surface area contributed by atoms with Crippen molar-refractivity contribution < 1.29 is 22.8 Å². The van der Waals surface area contributed by atoms with E-state index in [-0.39, 0.29) is 23.7 Å². The minimum absolute atomic E-state index is 0.0118. The fourth-order valence-corrected chi connectivity index (χ4v) is 1.76. The molecule has 0 bridgehead atoms. The fraction of sp³-hybridized carbons (Fsp3) is 0.500. The highest BCUT2D eigenvalue weighted by molar-refractivity contribution is 5.68. The Balaban J connectivity index is 3.00. The molecule has 1 aromatic carbocycles. The predicted molar refractivity (Wildman–Crippen MR) is 68.0 cm³/mol. The maximum absolute atomic E-state index is 12.3. The van der Waals surface area contributed by atoms with Crippen molar-refractivity contribution in [1.29, 1.82) is 0 Å². The summed E-state index contributed by atoms with van der Waals surface area (Å²) >= 11 is 0. The van der Waals surface area contributed by atoms with E-state index in [1.807, 2.05) is 0 Å². The SMILES string of the molecule is CCOc1cccc(NC(C)CC(F)(F)F)c1[N+](=O)[O-]. The van der Waals surface area contributed by atoms with Crippen molar-refractivity contribution in [3.8, 4) is 5.75 Å². The summed E-state index contributed by atoms with van der Waals surface area (Å²) in [7, 11) is 0. The zero-order valence-corrected chi connectivity index (χ0v) is 11.0. The number of para-hydroxylation sites is 1. The van der Waals surface area contributed by atoms with Gasteiger partial charge in [-0.15, -0.1) is 0 Å². The Kier molecular flexibility index (Phi) is 5.18. The molecule has 1 aromatic rings. The van der Waals surface area contributed by atoms with Gasteiger partial charge in [-0.2, -0.15) is 13.2 Å². The van der Waals surface area contributed by atoms with E-state index < -0.39 is 23.6 Å². The van der Waals surface area contributed by atoms with Crippen molar-refractivity contribution in [3.05, 3.63) is 28.3 Å². The first-order valence-electron chi connectivity index (χ1n) is 5.98. The van der Waals surface area contributed by atoms with Crippen LogP contribution < -0.4 is 10.1 Å². The Morgan fingerprint density at radius 2 is 2.10 bits per heavy atom. The third-order valence-corrected chi connectivity index (χ3v) is 2.42. The molecule has 0 aliphatic rings. The van der Waals surface area contributed by atoms with E-state index >= 15 is 0 Å². The summed E-state index contributed by atoms with van der Waals surface area (Å²) in [5, 5.41) is 13.6. The van der Waals surface area contributed by atoms with Crippen LogP contribution in [0, 0.1) is 10.1 Å². The van der Waals surface area contributed by atoms with E-state index in [9.17, 15) is 23.3 Å². The van der Waals surface area contributed by atoms with E-state index in [1.54, 1.807) is 6.92 Å². The second kappa shape index (κ2) is 6.44. The van der Waals surface area contributed by atoms with Crippen LogP contribution in [-0.2, 0) is 0 Å². The number of alkyl halides is 3. The number of halogens is 3. The number of nitro benzene ring substituents is 1. The highest BCUT2D eigenvalue weighted by atomic mass is 19.4. The Morgan fingerprint density at radius 3 is 2.60 bits per heavy atom. The molecular formula is C12H15F3N2O3. The molecule has 0 amide bonds. The van der Waals surface area contributed by atoms with Crippen LogP contribution in [0.2, 0.25) is 0 Å². The molecule has 0 aliphatic heterocycles. The number of hydrogen-bond acceptors (Lipinski definition) is 4. The van der Waals surface area contributed by atoms with Crippen molar-refractivity contribution >= 4 is 11.4 Å². The summed E-state index contributed by atoms with van der Waals surface area (Å²) in [6, 6.07) is 3.26. The molecular weight excluding hydrogens is 277 g/mol. The topological polar surface area (TPSA) is 64.4 Å². The molecule has 0 radical (unpaired) electrons. The van der Waals surface area contributed by atoms with Gasteiger partial charge in [-0.25, -0.2) is 0 Å².